The summed E-state index contributed by atoms with van der Waals surface area (Å²) in [6.07, 6.45) is 3.04. The summed E-state index contributed by atoms with van der Waals surface area (Å²) < 4.78 is 0. The zero-order chi connectivity index (χ0) is 10.4. The first-order valence-electron chi connectivity index (χ1n) is 5.04. The third-order valence-electron chi connectivity index (χ3n) is 2.11. The SMILES string of the molecule is C/C=C(/N)c1ccccc1NCCC. The van der Waals surface area contributed by atoms with Crippen molar-refractivity contribution in [3.63, 3.8) is 0 Å². The molecule has 1 aromatic rings. The molecule has 0 radical (unpaired) electrons. The lowest BCUT2D eigenvalue weighted by atomic mass is 10.1. The van der Waals surface area contributed by atoms with Gasteiger partial charge >= 0.3 is 0 Å². The van der Waals surface area contributed by atoms with Gasteiger partial charge in [0.25, 0.3) is 0 Å². The lowest BCUT2D eigenvalue weighted by Gasteiger charge is -2.11. The predicted octanol–water partition coefficient (Wildman–Crippen LogP) is 2.83. The number of nitrogens with one attached hydrogen (secondary N) is 1. The van der Waals surface area contributed by atoms with Crippen LogP contribution in [0.25, 0.3) is 5.70 Å². The normalized spacial score (nSPS) is 11.4. The van der Waals surface area contributed by atoms with Crippen LogP contribution in [0.3, 0.4) is 0 Å². The van der Waals surface area contributed by atoms with E-state index in [2.05, 4.69) is 18.3 Å². The molecule has 0 atom stereocenters. The van der Waals surface area contributed by atoms with Gasteiger partial charge in [-0.25, -0.2) is 0 Å². The first-order valence-corrected chi connectivity index (χ1v) is 5.04. The Labute approximate surface area is 85.8 Å². The molecular weight excluding hydrogens is 172 g/mol. The van der Waals surface area contributed by atoms with Crippen LogP contribution in [0.2, 0.25) is 0 Å². The maximum absolute atomic E-state index is 5.89. The van der Waals surface area contributed by atoms with Crippen LogP contribution in [0.15, 0.2) is 30.3 Å². The summed E-state index contributed by atoms with van der Waals surface area (Å²) in [5, 5.41) is 3.36. The summed E-state index contributed by atoms with van der Waals surface area (Å²) in [5.41, 5.74) is 8.91. The molecule has 0 amide bonds. The van der Waals surface area contributed by atoms with E-state index >= 15 is 0 Å². The quantitative estimate of drug-likeness (QED) is 0.766. The Kier molecular flexibility index (Phi) is 4.05. The minimum Gasteiger partial charge on any atom is -0.398 e. The number of anilines is 1. The minimum atomic E-state index is 0.823. The third kappa shape index (κ3) is 2.52. The number of benzene rings is 1. The molecule has 3 N–H and O–H groups in total. The van der Waals surface area contributed by atoms with Crippen molar-refractivity contribution in [2.24, 2.45) is 5.73 Å². The van der Waals surface area contributed by atoms with Crippen molar-refractivity contribution in [2.45, 2.75) is 20.3 Å². The van der Waals surface area contributed by atoms with Crippen molar-refractivity contribution >= 4 is 11.4 Å². The van der Waals surface area contributed by atoms with Gasteiger partial charge in [0.05, 0.1) is 0 Å². The van der Waals surface area contributed by atoms with Gasteiger partial charge in [0.15, 0.2) is 0 Å². The van der Waals surface area contributed by atoms with Crippen LogP contribution in [-0.4, -0.2) is 6.54 Å². The van der Waals surface area contributed by atoms with Crippen LogP contribution < -0.4 is 11.1 Å². The summed E-state index contributed by atoms with van der Waals surface area (Å²) in [5.74, 6) is 0. The van der Waals surface area contributed by atoms with Crippen LogP contribution >= 0.6 is 0 Å². The van der Waals surface area contributed by atoms with E-state index in [0.717, 1.165) is 29.9 Å². The fraction of sp³-hybridized carbons (Fsp3) is 0.333. The van der Waals surface area contributed by atoms with Crippen molar-refractivity contribution in [3.05, 3.63) is 35.9 Å². The highest BCUT2D eigenvalue weighted by Crippen LogP contribution is 2.19. The fourth-order valence-corrected chi connectivity index (χ4v) is 1.30. The van der Waals surface area contributed by atoms with Crippen LogP contribution in [0.5, 0.6) is 0 Å². The number of para-hydroxylation sites is 1. The van der Waals surface area contributed by atoms with Gasteiger partial charge in [-0.2, -0.15) is 0 Å². The van der Waals surface area contributed by atoms with Crippen molar-refractivity contribution in [2.75, 3.05) is 11.9 Å². The largest absolute Gasteiger partial charge is 0.398 e. The van der Waals surface area contributed by atoms with Crippen LogP contribution in [-0.2, 0) is 0 Å². The van der Waals surface area contributed by atoms with Crippen molar-refractivity contribution in [1.82, 2.24) is 0 Å². The summed E-state index contributed by atoms with van der Waals surface area (Å²) in [4.78, 5) is 0. The average Bonchev–Trinajstić information content (AvgIpc) is 2.25. The Hall–Kier alpha value is -1.44. The van der Waals surface area contributed by atoms with Gasteiger partial charge in [0.1, 0.15) is 0 Å². The number of allylic oxidation sites excluding steroid dienone is 1. The van der Waals surface area contributed by atoms with Gasteiger partial charge in [-0.05, 0) is 19.4 Å². The number of rotatable bonds is 4. The average molecular weight is 190 g/mol. The first kappa shape index (κ1) is 10.6. The molecule has 2 heteroatoms. The Morgan fingerprint density at radius 3 is 2.79 bits per heavy atom. The van der Waals surface area contributed by atoms with E-state index in [-0.39, 0.29) is 0 Å². The fourth-order valence-electron chi connectivity index (χ4n) is 1.30. The molecule has 14 heavy (non-hydrogen) atoms. The molecule has 0 unspecified atom stereocenters. The van der Waals surface area contributed by atoms with Gasteiger partial charge in [-0.1, -0.05) is 31.2 Å². The summed E-state index contributed by atoms with van der Waals surface area (Å²) in [7, 11) is 0. The van der Waals surface area contributed by atoms with Gasteiger partial charge < -0.3 is 11.1 Å². The van der Waals surface area contributed by atoms with E-state index in [1.54, 1.807) is 0 Å². The molecule has 0 aliphatic heterocycles. The van der Waals surface area contributed by atoms with Crippen molar-refractivity contribution in [1.29, 1.82) is 0 Å². The molecule has 76 valence electrons. The van der Waals surface area contributed by atoms with Crippen LogP contribution in [0.4, 0.5) is 5.69 Å². The van der Waals surface area contributed by atoms with E-state index in [1.807, 2.05) is 31.2 Å². The summed E-state index contributed by atoms with van der Waals surface area (Å²) in [6, 6.07) is 8.11. The molecule has 0 aliphatic rings. The van der Waals surface area contributed by atoms with E-state index in [4.69, 9.17) is 5.73 Å². The smallest absolute Gasteiger partial charge is 0.0434 e. The molecule has 0 spiro atoms. The monoisotopic (exact) mass is 190 g/mol. The maximum Gasteiger partial charge on any atom is 0.0434 e. The molecular formula is C12H18N2. The molecule has 1 rings (SSSR count). The molecule has 1 aromatic carbocycles. The molecule has 0 aromatic heterocycles. The van der Waals surface area contributed by atoms with E-state index in [0.29, 0.717) is 0 Å². The van der Waals surface area contributed by atoms with E-state index in [9.17, 15) is 0 Å². The van der Waals surface area contributed by atoms with Crippen molar-refractivity contribution in [3.8, 4) is 0 Å². The molecule has 0 bridgehead atoms. The number of hydrogen-bond donors (Lipinski definition) is 2. The number of nitrogens with two attached hydrogens (primary N) is 1. The summed E-state index contributed by atoms with van der Waals surface area (Å²) >= 11 is 0. The Bertz CT molecular complexity index is 316. The third-order valence-corrected chi connectivity index (χ3v) is 2.11. The lowest BCUT2D eigenvalue weighted by molar-refractivity contribution is 0.979. The molecule has 0 aliphatic carbocycles. The highest BCUT2D eigenvalue weighted by molar-refractivity contribution is 5.74. The van der Waals surface area contributed by atoms with E-state index < -0.39 is 0 Å². The predicted molar refractivity (Wildman–Crippen MR) is 63.1 cm³/mol. The van der Waals surface area contributed by atoms with Gasteiger partial charge in [0, 0.05) is 23.5 Å². The maximum atomic E-state index is 5.89. The molecule has 0 heterocycles. The Morgan fingerprint density at radius 2 is 2.14 bits per heavy atom. The molecule has 0 fully saturated rings. The minimum absolute atomic E-state index is 0.823. The molecule has 0 saturated heterocycles. The highest BCUT2D eigenvalue weighted by Gasteiger charge is 2.01. The Morgan fingerprint density at radius 1 is 1.43 bits per heavy atom. The van der Waals surface area contributed by atoms with Gasteiger partial charge in [-0.15, -0.1) is 0 Å². The van der Waals surface area contributed by atoms with Crippen LogP contribution in [0.1, 0.15) is 25.8 Å². The highest BCUT2D eigenvalue weighted by atomic mass is 14.9. The molecule has 2 nitrogen and oxygen atoms in total. The summed E-state index contributed by atoms with van der Waals surface area (Å²) in [6.45, 7) is 5.08. The zero-order valence-electron chi connectivity index (χ0n) is 8.88. The standard InChI is InChI=1S/C12H18N2/c1-3-9-14-12-8-6-5-7-10(12)11(13)4-2/h4-8,14H,3,9,13H2,1-2H3/b11-4+. The van der Waals surface area contributed by atoms with Gasteiger partial charge in [-0.3, -0.25) is 0 Å². The topological polar surface area (TPSA) is 38.0 Å². The zero-order valence-corrected chi connectivity index (χ0v) is 8.88. The van der Waals surface area contributed by atoms with Crippen LogP contribution in [0, 0.1) is 0 Å². The number of hydrogen-bond acceptors (Lipinski definition) is 2. The lowest BCUT2D eigenvalue weighted by Crippen LogP contribution is -2.05. The van der Waals surface area contributed by atoms with E-state index in [1.165, 1.54) is 0 Å². The second-order valence-electron chi connectivity index (χ2n) is 3.22. The molecule has 0 saturated carbocycles. The Balaban J connectivity index is 2.91. The van der Waals surface area contributed by atoms with Gasteiger partial charge in [0.2, 0.25) is 0 Å². The second-order valence-corrected chi connectivity index (χ2v) is 3.22. The van der Waals surface area contributed by atoms with Crippen molar-refractivity contribution < 1.29 is 0 Å². The first-order chi connectivity index (χ1) is 6.79. The second kappa shape index (κ2) is 5.32.